The molecule has 6 aromatic rings. The zero-order chi connectivity index (χ0) is 78.1. The predicted molar refractivity (Wildman–Crippen MR) is 429 cm³/mol. The second-order valence-electron chi connectivity index (χ2n) is 32.8. The third kappa shape index (κ3) is 23.1. The predicted octanol–water partition coefficient (Wildman–Crippen LogP) is 12.3. The number of thiazole rings is 3. The van der Waals surface area contributed by atoms with Crippen molar-refractivity contribution in [3.63, 3.8) is 0 Å². The van der Waals surface area contributed by atoms with Crippen molar-refractivity contribution in [3.05, 3.63) is 142 Å². The molecule has 1 aliphatic carbocycles. The fourth-order valence-electron chi connectivity index (χ4n) is 13.3. The number of benzene rings is 3. The van der Waals surface area contributed by atoms with Gasteiger partial charge in [0.25, 0.3) is 5.91 Å². The summed E-state index contributed by atoms with van der Waals surface area (Å²) in [4.78, 5) is 87.8. The van der Waals surface area contributed by atoms with Gasteiger partial charge in [-0.2, -0.15) is 0 Å². The normalized spacial score (nSPS) is 19.9. The quantitative estimate of drug-likeness (QED) is 0.0258. The van der Waals surface area contributed by atoms with E-state index in [9.17, 15) is 43.7 Å². The number of aryl methyl sites for hydroxylation is 3. The van der Waals surface area contributed by atoms with Gasteiger partial charge in [-0.3, -0.25) is 24.0 Å². The Morgan fingerprint density at radius 2 is 0.897 bits per heavy atom. The fraction of sp³-hybridized carbons (Fsp3) is 0.561. The molecule has 5 amide bonds. The maximum atomic E-state index is 14.4. The van der Waals surface area contributed by atoms with Crippen molar-refractivity contribution in [3.8, 4) is 37.1 Å². The zero-order valence-corrected chi connectivity index (χ0v) is 67.7. The number of alkyl halides is 1. The summed E-state index contributed by atoms with van der Waals surface area (Å²) in [5, 5.41) is 50.3. The number of nitrogens with one attached hydrogen (secondary N) is 6. The number of ether oxygens (including phenoxy) is 1. The first-order valence-corrected chi connectivity index (χ1v) is 39.6. The number of amides is 5. The van der Waals surface area contributed by atoms with Crippen molar-refractivity contribution >= 4 is 63.5 Å². The van der Waals surface area contributed by atoms with Crippen LogP contribution in [0.4, 0.5) is 4.39 Å². The summed E-state index contributed by atoms with van der Waals surface area (Å²) in [6.45, 7) is 46.2. The molecule has 3 aromatic carbocycles. The number of aliphatic hydroxyl groups excluding tert-OH is 3. The summed E-state index contributed by atoms with van der Waals surface area (Å²) in [5.41, 5.74) is 13.2. The molecular formula is C82H119FN12O9S3. The molecule has 3 aliphatic heterocycles. The van der Waals surface area contributed by atoms with Crippen molar-refractivity contribution in [2.24, 2.45) is 16.2 Å². The molecule has 21 nitrogen and oxygen atoms in total. The average Bonchev–Trinajstić information content (AvgIpc) is 1.67. The van der Waals surface area contributed by atoms with Crippen LogP contribution in [0.25, 0.3) is 31.3 Å². The first kappa shape index (κ1) is 86.7. The maximum absolute atomic E-state index is 14.4. The average molecular weight is 1530 g/mol. The number of rotatable bonds is 25. The Kier molecular flexibility index (Phi) is 29.8. The Morgan fingerprint density at radius 1 is 0.542 bits per heavy atom. The minimum Gasteiger partial charge on any atom is -0.491 e. The first-order chi connectivity index (χ1) is 49.6. The fourth-order valence-corrected chi connectivity index (χ4v) is 15.8. The van der Waals surface area contributed by atoms with Crippen LogP contribution in [0.1, 0.15) is 177 Å². The van der Waals surface area contributed by atoms with Gasteiger partial charge in [0.2, 0.25) is 23.6 Å². The lowest BCUT2D eigenvalue weighted by atomic mass is 9.85. The van der Waals surface area contributed by atoms with Crippen molar-refractivity contribution < 1.29 is 48.4 Å². The van der Waals surface area contributed by atoms with E-state index in [2.05, 4.69) is 150 Å². The van der Waals surface area contributed by atoms with E-state index in [1.54, 1.807) is 70.1 Å². The molecule has 9 atom stereocenters. The molecule has 586 valence electrons. The summed E-state index contributed by atoms with van der Waals surface area (Å²) < 4.78 is 20.4. The number of halogens is 1. The minimum absolute atomic E-state index is 0. The zero-order valence-electron chi connectivity index (χ0n) is 65.3. The van der Waals surface area contributed by atoms with Gasteiger partial charge < -0.3 is 66.7 Å². The number of aromatic nitrogens is 3. The number of carbonyl (C=O) groups is 5. The van der Waals surface area contributed by atoms with Gasteiger partial charge in [-0.25, -0.2) is 19.3 Å². The van der Waals surface area contributed by atoms with Gasteiger partial charge in [0.15, 0.2) is 5.67 Å². The molecule has 0 spiro atoms. The van der Waals surface area contributed by atoms with Crippen LogP contribution in [0.5, 0.6) is 5.75 Å². The number of hydrogen-bond acceptors (Lipinski definition) is 19. The lowest BCUT2D eigenvalue weighted by molar-refractivity contribution is -0.145. The first-order valence-electron chi connectivity index (χ1n) is 36.9. The Hall–Kier alpha value is -7.49. The summed E-state index contributed by atoms with van der Waals surface area (Å²) in [5.74, 6) is -1.08. The summed E-state index contributed by atoms with van der Waals surface area (Å²) in [6, 6.07) is 19.9. The standard InChI is InChI=1S/C29H39FN4O5S.2C26H38N4O2S.CH4/c1-16(2)39-22-11-18(23-17(3)32-15-40-23)7-8-19(22)13-31-25(36)21-12-20(35)14-34(21)26(37)24(28(4,5)6)33-27(38)29(30)9-10-29;2*1-16(2)29-24(26(5,6)7)25(32)30-14-21(31)12-22(30)17(3)27-13-19-8-10-20(11-9-19)23-18(4)28-15-33-23;/h7-8,11,15-16,20-21,24,35H,9-10,12-14H2,1-6H3,(H,31,36)(H,33,38);2*8-11,15-16,21-22,24,27,29,31H,3,12-14H2,1-2,4-7H3;1H4/t20-,21+,24-;21-,22+,24-;21-,22-,24+;/m110./s1. The van der Waals surface area contributed by atoms with E-state index in [0.717, 1.165) is 55.6 Å². The molecule has 25 heteroatoms. The maximum Gasteiger partial charge on any atom is 0.258 e. The number of aliphatic hydroxyl groups is 3. The molecule has 6 heterocycles. The van der Waals surface area contributed by atoms with Crippen LogP contribution >= 0.6 is 34.0 Å². The van der Waals surface area contributed by atoms with Gasteiger partial charge in [0.1, 0.15) is 17.8 Å². The molecule has 0 radical (unpaired) electrons. The van der Waals surface area contributed by atoms with Crippen LogP contribution in [0.3, 0.4) is 0 Å². The Morgan fingerprint density at radius 3 is 1.24 bits per heavy atom. The molecule has 4 fully saturated rings. The SMILES string of the molecule is C.C=C(NCc1ccc(-c2scnc2C)cc1)[C@@H]1C[C@@H](O)CN1C(=O)[C@@H](NC(C)C)C(C)(C)C.C=C(NCc1ccc(-c2scnc2C)cc1)[C@@H]1C[C@H](O)CN1C(=O)[C@@H](NC(C)C)C(C)(C)C.Cc1ncsc1-c1ccc(CNC(=O)[C@@H]2C[C@@H](O)CN2C(=O)[C@@H](NC(=O)C2(F)CC2)C(C)(C)C)c(OC(C)C)c1. The lowest BCUT2D eigenvalue weighted by Crippen LogP contribution is -2.59. The smallest absolute Gasteiger partial charge is 0.258 e. The van der Waals surface area contributed by atoms with Gasteiger partial charge in [-0.05, 0) is 97.6 Å². The highest BCUT2D eigenvalue weighted by atomic mass is 32.1. The van der Waals surface area contributed by atoms with Crippen molar-refractivity contribution in [2.75, 3.05) is 19.6 Å². The molecule has 3 aromatic heterocycles. The summed E-state index contributed by atoms with van der Waals surface area (Å²) in [6.07, 6.45) is -0.746. The van der Waals surface area contributed by atoms with Gasteiger partial charge in [0.05, 0.1) is 96.8 Å². The lowest BCUT2D eigenvalue weighted by Gasteiger charge is -2.37. The second-order valence-corrected chi connectivity index (χ2v) is 35.4. The molecule has 4 aliphatic rings. The molecule has 0 bridgehead atoms. The number of likely N-dealkylation sites (tertiary alicyclic amines) is 3. The molecule has 3 saturated heterocycles. The molecular weight excluding hydrogens is 1410 g/mol. The Balaban J connectivity index is 0.000000224. The van der Waals surface area contributed by atoms with Crippen LogP contribution in [0.15, 0.2) is 108 Å². The van der Waals surface area contributed by atoms with E-state index in [1.165, 1.54) is 25.8 Å². The number of nitrogens with zero attached hydrogens (tertiary/aromatic N) is 6. The molecule has 1 saturated carbocycles. The highest BCUT2D eigenvalue weighted by Gasteiger charge is 2.54. The molecule has 0 unspecified atom stereocenters. The topological polar surface area (TPSA) is 276 Å². The van der Waals surface area contributed by atoms with E-state index in [-0.39, 0.29) is 105 Å². The molecule has 10 rings (SSSR count). The molecule has 107 heavy (non-hydrogen) atoms. The largest absolute Gasteiger partial charge is 0.491 e. The number of hydrogen-bond donors (Lipinski definition) is 9. The van der Waals surface area contributed by atoms with Crippen LogP contribution in [0.2, 0.25) is 0 Å². The van der Waals surface area contributed by atoms with Crippen LogP contribution < -0.4 is 36.6 Å². The van der Waals surface area contributed by atoms with Gasteiger partial charge >= 0.3 is 0 Å². The highest BCUT2D eigenvalue weighted by Crippen LogP contribution is 2.41. The third-order valence-corrected chi connectivity index (χ3v) is 22.3. The van der Waals surface area contributed by atoms with E-state index < -0.39 is 59.2 Å². The number of carbonyl (C=O) groups excluding carboxylic acids is 5. The van der Waals surface area contributed by atoms with Crippen molar-refractivity contribution in [1.82, 2.24) is 61.6 Å². The van der Waals surface area contributed by atoms with Gasteiger partial charge in [0, 0.05) is 87.6 Å². The van der Waals surface area contributed by atoms with Crippen LogP contribution in [0, 0.1) is 37.0 Å². The van der Waals surface area contributed by atoms with E-state index in [0.29, 0.717) is 44.8 Å². The highest BCUT2D eigenvalue weighted by molar-refractivity contribution is 7.14. The van der Waals surface area contributed by atoms with E-state index in [1.807, 2.05) is 91.5 Å². The van der Waals surface area contributed by atoms with Crippen LogP contribution in [-0.2, 0) is 43.6 Å². The third-order valence-electron chi connectivity index (χ3n) is 19.4. The summed E-state index contributed by atoms with van der Waals surface area (Å²) >= 11 is 4.84. The van der Waals surface area contributed by atoms with Gasteiger partial charge in [-0.15, -0.1) is 34.0 Å². The minimum atomic E-state index is -1.94. The Labute approximate surface area is 646 Å². The molecule has 9 N–H and O–H groups in total. The number of β-amino-alcohol motifs (C(OH)–C–C–N with tert-alkyl or cyclic N) is 3. The van der Waals surface area contributed by atoms with Crippen molar-refractivity contribution in [1.29, 1.82) is 0 Å². The monoisotopic (exact) mass is 1530 g/mol. The van der Waals surface area contributed by atoms with Crippen LogP contribution in [-0.4, -0.2) is 173 Å². The van der Waals surface area contributed by atoms with Crippen molar-refractivity contribution in [2.45, 2.75) is 262 Å². The summed E-state index contributed by atoms with van der Waals surface area (Å²) in [7, 11) is 0. The van der Waals surface area contributed by atoms with E-state index in [4.69, 9.17) is 4.74 Å². The Bertz CT molecular complexity index is 3840. The van der Waals surface area contributed by atoms with E-state index >= 15 is 0 Å². The second kappa shape index (κ2) is 36.8. The van der Waals surface area contributed by atoms with Gasteiger partial charge in [-0.1, -0.05) is 171 Å².